The fraction of sp³-hybridized carbons (Fsp3) is 0.391. The number of para-hydroxylation sites is 1. The van der Waals surface area contributed by atoms with Crippen molar-refractivity contribution >= 4 is 23.6 Å². The van der Waals surface area contributed by atoms with E-state index in [-0.39, 0.29) is 23.7 Å². The number of amides is 1. The fourth-order valence-electron chi connectivity index (χ4n) is 3.09. The summed E-state index contributed by atoms with van der Waals surface area (Å²) in [4.78, 5) is 26.2. The van der Waals surface area contributed by atoms with Gasteiger partial charge < -0.3 is 14.4 Å². The predicted octanol–water partition coefficient (Wildman–Crippen LogP) is 3.95. The molecule has 156 valence electrons. The molecule has 2 aromatic carbocycles. The molecule has 0 heterocycles. The molecule has 1 atom stereocenters. The van der Waals surface area contributed by atoms with Crippen LogP contribution >= 0.6 is 11.8 Å². The Labute approximate surface area is 177 Å². The van der Waals surface area contributed by atoms with E-state index < -0.39 is 0 Å². The molecule has 2 aromatic rings. The Hall–Kier alpha value is -2.47. The van der Waals surface area contributed by atoms with Gasteiger partial charge in [-0.2, -0.15) is 0 Å². The molecule has 5 nitrogen and oxygen atoms in total. The summed E-state index contributed by atoms with van der Waals surface area (Å²) in [6.45, 7) is 2.62. The topological polar surface area (TPSA) is 55.8 Å². The van der Waals surface area contributed by atoms with Crippen molar-refractivity contribution in [3.8, 4) is 5.75 Å². The van der Waals surface area contributed by atoms with Gasteiger partial charge in [-0.15, -0.1) is 11.8 Å². The number of esters is 1. The van der Waals surface area contributed by atoms with E-state index in [1.165, 1.54) is 18.9 Å². The molecule has 0 aromatic heterocycles. The van der Waals surface area contributed by atoms with Crippen LogP contribution in [0.25, 0.3) is 0 Å². The third-order valence-electron chi connectivity index (χ3n) is 4.66. The Bertz CT molecular complexity index is 781. The molecular weight excluding hydrogens is 386 g/mol. The van der Waals surface area contributed by atoms with Crippen LogP contribution in [-0.2, 0) is 27.3 Å². The van der Waals surface area contributed by atoms with E-state index in [1.54, 1.807) is 7.11 Å². The highest BCUT2D eigenvalue weighted by atomic mass is 32.2. The van der Waals surface area contributed by atoms with Crippen LogP contribution in [0.3, 0.4) is 0 Å². The lowest BCUT2D eigenvalue weighted by Crippen LogP contribution is -2.39. The second-order valence-electron chi connectivity index (χ2n) is 6.75. The molecule has 1 unspecified atom stereocenters. The summed E-state index contributed by atoms with van der Waals surface area (Å²) in [5.74, 6) is 1.49. The molecule has 0 aliphatic heterocycles. The molecule has 0 bridgehead atoms. The number of thioether (sulfide) groups is 1. The first kappa shape index (κ1) is 22.8. The maximum Gasteiger partial charge on any atom is 0.315 e. The number of carbonyl (C=O) groups is 2. The van der Waals surface area contributed by atoms with Gasteiger partial charge in [-0.25, -0.2) is 0 Å². The lowest BCUT2D eigenvalue weighted by Gasteiger charge is -2.30. The van der Waals surface area contributed by atoms with Crippen molar-refractivity contribution in [2.45, 2.75) is 32.4 Å². The molecule has 0 saturated carbocycles. The van der Waals surface area contributed by atoms with E-state index in [2.05, 4.69) is 11.7 Å². The first-order valence-corrected chi connectivity index (χ1v) is 10.8. The SMILES string of the molecule is COC(=O)CSCCC(=O)N(Cc1ccccc1)C(C)Cc1ccccc1OC. The van der Waals surface area contributed by atoms with Gasteiger partial charge in [-0.1, -0.05) is 48.5 Å². The van der Waals surface area contributed by atoms with Crippen molar-refractivity contribution in [1.29, 1.82) is 0 Å². The summed E-state index contributed by atoms with van der Waals surface area (Å²) in [6, 6.07) is 17.9. The molecule has 2 rings (SSSR count). The maximum atomic E-state index is 13.0. The van der Waals surface area contributed by atoms with Crippen LogP contribution in [0.2, 0.25) is 0 Å². The third kappa shape index (κ3) is 7.46. The Morgan fingerprint density at radius 2 is 1.72 bits per heavy atom. The number of benzene rings is 2. The van der Waals surface area contributed by atoms with Crippen LogP contribution in [0.4, 0.5) is 0 Å². The van der Waals surface area contributed by atoms with Crippen LogP contribution < -0.4 is 4.74 Å². The molecule has 0 fully saturated rings. The van der Waals surface area contributed by atoms with Crippen LogP contribution in [0.1, 0.15) is 24.5 Å². The highest BCUT2D eigenvalue weighted by Crippen LogP contribution is 2.22. The smallest absolute Gasteiger partial charge is 0.315 e. The average molecular weight is 416 g/mol. The fourth-order valence-corrected chi connectivity index (χ4v) is 3.84. The van der Waals surface area contributed by atoms with Crippen molar-refractivity contribution in [1.82, 2.24) is 4.90 Å². The molecule has 6 heteroatoms. The highest BCUT2D eigenvalue weighted by Gasteiger charge is 2.21. The van der Waals surface area contributed by atoms with Crippen molar-refractivity contribution < 1.29 is 19.1 Å². The molecule has 29 heavy (non-hydrogen) atoms. The van der Waals surface area contributed by atoms with Gasteiger partial charge in [-0.05, 0) is 30.5 Å². The normalized spacial score (nSPS) is 11.6. The van der Waals surface area contributed by atoms with E-state index in [4.69, 9.17) is 4.74 Å². The number of methoxy groups -OCH3 is 2. The molecule has 0 radical (unpaired) electrons. The van der Waals surface area contributed by atoms with Gasteiger partial charge >= 0.3 is 5.97 Å². The van der Waals surface area contributed by atoms with Gasteiger partial charge in [0.05, 0.1) is 20.0 Å². The summed E-state index contributed by atoms with van der Waals surface area (Å²) in [6.07, 6.45) is 1.09. The average Bonchev–Trinajstić information content (AvgIpc) is 2.75. The molecule has 0 spiro atoms. The summed E-state index contributed by atoms with van der Waals surface area (Å²) >= 11 is 1.42. The summed E-state index contributed by atoms with van der Waals surface area (Å²) in [5, 5.41) is 0. The van der Waals surface area contributed by atoms with Crippen molar-refractivity contribution in [3.63, 3.8) is 0 Å². The largest absolute Gasteiger partial charge is 0.496 e. The maximum absolute atomic E-state index is 13.0. The first-order valence-electron chi connectivity index (χ1n) is 9.65. The highest BCUT2D eigenvalue weighted by molar-refractivity contribution is 7.99. The van der Waals surface area contributed by atoms with Gasteiger partial charge in [0.25, 0.3) is 0 Å². The standard InChI is InChI=1S/C23H29NO4S/c1-18(15-20-11-7-8-12-21(20)27-2)24(16-19-9-5-4-6-10-19)22(25)13-14-29-17-23(26)28-3/h4-12,18H,13-17H2,1-3H3. The van der Waals surface area contributed by atoms with Gasteiger partial charge in [0.2, 0.25) is 5.91 Å². The zero-order chi connectivity index (χ0) is 21.1. The molecule has 0 aliphatic carbocycles. The lowest BCUT2D eigenvalue weighted by atomic mass is 10.0. The Kier molecular flexibility index (Phi) is 9.57. The second kappa shape index (κ2) is 12.2. The molecule has 0 saturated heterocycles. The summed E-state index contributed by atoms with van der Waals surface area (Å²) in [7, 11) is 3.03. The summed E-state index contributed by atoms with van der Waals surface area (Å²) < 4.78 is 10.1. The zero-order valence-corrected chi connectivity index (χ0v) is 18.1. The lowest BCUT2D eigenvalue weighted by molar-refractivity contribution is -0.137. The van der Waals surface area contributed by atoms with E-state index in [1.807, 2.05) is 59.5 Å². The zero-order valence-electron chi connectivity index (χ0n) is 17.3. The number of ether oxygens (including phenoxy) is 2. The Morgan fingerprint density at radius 1 is 1.03 bits per heavy atom. The van der Waals surface area contributed by atoms with Crippen molar-refractivity contribution in [3.05, 3.63) is 65.7 Å². The Morgan fingerprint density at radius 3 is 2.41 bits per heavy atom. The minimum absolute atomic E-state index is 0.00427. The molecule has 1 amide bonds. The van der Waals surface area contributed by atoms with E-state index in [0.29, 0.717) is 25.1 Å². The minimum atomic E-state index is -0.270. The molecular formula is C23H29NO4S. The predicted molar refractivity (Wildman–Crippen MR) is 117 cm³/mol. The van der Waals surface area contributed by atoms with Crippen molar-refractivity contribution in [2.75, 3.05) is 25.7 Å². The van der Waals surface area contributed by atoms with Gasteiger partial charge in [0.15, 0.2) is 0 Å². The van der Waals surface area contributed by atoms with Crippen LogP contribution in [0.5, 0.6) is 5.75 Å². The van der Waals surface area contributed by atoms with Gasteiger partial charge in [0.1, 0.15) is 5.75 Å². The van der Waals surface area contributed by atoms with Crippen LogP contribution in [0, 0.1) is 0 Å². The minimum Gasteiger partial charge on any atom is -0.496 e. The molecule has 0 aliphatic rings. The monoisotopic (exact) mass is 415 g/mol. The number of nitrogens with zero attached hydrogens (tertiary/aromatic N) is 1. The van der Waals surface area contributed by atoms with Crippen LogP contribution in [0.15, 0.2) is 54.6 Å². The van der Waals surface area contributed by atoms with E-state index >= 15 is 0 Å². The van der Waals surface area contributed by atoms with E-state index in [0.717, 1.165) is 16.9 Å². The first-order chi connectivity index (χ1) is 14.0. The summed E-state index contributed by atoms with van der Waals surface area (Å²) in [5.41, 5.74) is 2.17. The third-order valence-corrected chi connectivity index (χ3v) is 5.60. The van der Waals surface area contributed by atoms with Crippen molar-refractivity contribution in [2.24, 2.45) is 0 Å². The van der Waals surface area contributed by atoms with Gasteiger partial charge in [-0.3, -0.25) is 9.59 Å². The second-order valence-corrected chi connectivity index (χ2v) is 7.86. The van der Waals surface area contributed by atoms with Gasteiger partial charge in [0, 0.05) is 24.8 Å². The van der Waals surface area contributed by atoms with Crippen LogP contribution in [-0.4, -0.2) is 48.5 Å². The molecule has 0 N–H and O–H groups in total. The number of hydrogen-bond donors (Lipinski definition) is 0. The number of hydrogen-bond acceptors (Lipinski definition) is 5. The Balaban J connectivity index is 2.07. The number of carbonyl (C=O) groups excluding carboxylic acids is 2. The number of rotatable bonds is 11. The van der Waals surface area contributed by atoms with E-state index in [9.17, 15) is 9.59 Å². The quantitative estimate of drug-likeness (QED) is 0.411.